The monoisotopic (exact) mass is 451 g/mol. The molecule has 7 nitrogen and oxygen atoms in total. The molecule has 1 aromatic heterocycles. The van der Waals surface area contributed by atoms with Crippen molar-refractivity contribution in [2.45, 2.75) is 0 Å². The topological polar surface area (TPSA) is 96.3 Å². The molecule has 160 valence electrons. The lowest BCUT2D eigenvalue weighted by Crippen LogP contribution is -2.32. The molecule has 0 aliphatic rings. The molecule has 0 saturated carbocycles. The lowest BCUT2D eigenvalue weighted by molar-refractivity contribution is -0.136. The Labute approximate surface area is 192 Å². The summed E-state index contributed by atoms with van der Waals surface area (Å²) in [6.07, 6.45) is 1.56. The van der Waals surface area contributed by atoms with Crippen LogP contribution < -0.4 is 10.7 Å². The van der Waals surface area contributed by atoms with Gasteiger partial charge in [0.05, 0.1) is 6.21 Å². The zero-order valence-electron chi connectivity index (χ0n) is 17.2. The highest BCUT2D eigenvalue weighted by atomic mass is 32.1. The zero-order valence-corrected chi connectivity index (χ0v) is 18.0. The molecule has 0 aliphatic carbocycles. The van der Waals surface area contributed by atoms with Gasteiger partial charge in [-0.15, -0.1) is 10.2 Å². The van der Waals surface area contributed by atoms with Gasteiger partial charge in [-0.3, -0.25) is 14.9 Å². The van der Waals surface area contributed by atoms with Gasteiger partial charge in [0.15, 0.2) is 0 Å². The summed E-state index contributed by atoms with van der Waals surface area (Å²) in [6.45, 7) is 0. The second-order valence-electron chi connectivity index (χ2n) is 7.16. The molecule has 33 heavy (non-hydrogen) atoms. The van der Waals surface area contributed by atoms with Crippen molar-refractivity contribution in [3.8, 4) is 10.6 Å². The van der Waals surface area contributed by atoms with Crippen LogP contribution in [0.4, 0.5) is 5.13 Å². The Morgan fingerprint density at radius 3 is 2.12 bits per heavy atom. The maximum Gasteiger partial charge on any atom is 0.329 e. The minimum atomic E-state index is -0.896. The first-order valence-corrected chi connectivity index (χ1v) is 10.9. The van der Waals surface area contributed by atoms with Crippen LogP contribution in [-0.4, -0.2) is 28.2 Å². The summed E-state index contributed by atoms with van der Waals surface area (Å²) >= 11 is 1.18. The molecule has 5 rings (SSSR count). The van der Waals surface area contributed by atoms with E-state index in [1.54, 1.807) is 6.21 Å². The number of amides is 2. The Hall–Kier alpha value is -4.43. The minimum Gasteiger partial charge on any atom is -0.292 e. The number of hydrogen-bond acceptors (Lipinski definition) is 6. The molecule has 8 heteroatoms. The molecular weight excluding hydrogens is 434 g/mol. The SMILES string of the molecule is O=C(N/N=C/c1c2ccccc2cc2ccccc12)C(=O)Nc1nnc(-c2ccccc2)s1. The van der Waals surface area contributed by atoms with Crippen molar-refractivity contribution in [2.75, 3.05) is 5.32 Å². The summed E-state index contributed by atoms with van der Waals surface area (Å²) in [5, 5.41) is 19.5. The van der Waals surface area contributed by atoms with Crippen molar-refractivity contribution >= 4 is 56.0 Å². The van der Waals surface area contributed by atoms with Gasteiger partial charge >= 0.3 is 11.8 Å². The molecule has 0 fully saturated rings. The Bertz CT molecular complexity index is 1460. The van der Waals surface area contributed by atoms with E-state index in [1.807, 2.05) is 78.9 Å². The molecule has 0 spiro atoms. The molecule has 0 radical (unpaired) electrons. The molecule has 0 unspecified atom stereocenters. The quantitative estimate of drug-likeness (QED) is 0.181. The first-order valence-electron chi connectivity index (χ1n) is 10.1. The van der Waals surface area contributed by atoms with Crippen LogP contribution in [0.1, 0.15) is 5.56 Å². The smallest absolute Gasteiger partial charge is 0.292 e. The van der Waals surface area contributed by atoms with Crippen molar-refractivity contribution in [3.05, 3.63) is 90.5 Å². The van der Waals surface area contributed by atoms with E-state index < -0.39 is 11.8 Å². The van der Waals surface area contributed by atoms with Crippen LogP contribution in [0.25, 0.3) is 32.1 Å². The van der Waals surface area contributed by atoms with E-state index in [0.717, 1.165) is 32.7 Å². The van der Waals surface area contributed by atoms with Crippen LogP contribution in [0.5, 0.6) is 0 Å². The molecule has 0 saturated heterocycles. The van der Waals surface area contributed by atoms with Crippen LogP contribution in [0.15, 0.2) is 90.0 Å². The zero-order chi connectivity index (χ0) is 22.6. The summed E-state index contributed by atoms with van der Waals surface area (Å²) < 4.78 is 0. The number of fused-ring (bicyclic) bond motifs is 2. The molecule has 0 bridgehead atoms. The normalized spacial score (nSPS) is 11.2. The van der Waals surface area contributed by atoms with E-state index in [4.69, 9.17) is 0 Å². The summed E-state index contributed by atoms with van der Waals surface area (Å²) in [7, 11) is 0. The van der Waals surface area contributed by atoms with Crippen molar-refractivity contribution < 1.29 is 9.59 Å². The van der Waals surface area contributed by atoms with Gasteiger partial charge in [-0.2, -0.15) is 5.10 Å². The Kier molecular flexibility index (Phi) is 5.57. The molecular formula is C25H17N5O2S. The largest absolute Gasteiger partial charge is 0.329 e. The van der Waals surface area contributed by atoms with E-state index in [-0.39, 0.29) is 5.13 Å². The summed E-state index contributed by atoms with van der Waals surface area (Å²) in [5.74, 6) is -1.77. The van der Waals surface area contributed by atoms with Gasteiger partial charge in [-0.25, -0.2) is 5.43 Å². The first kappa shape index (κ1) is 20.5. The number of hydrogen-bond donors (Lipinski definition) is 2. The summed E-state index contributed by atoms with van der Waals surface area (Å²) in [6, 6.07) is 27.5. The number of nitrogens with zero attached hydrogens (tertiary/aromatic N) is 3. The van der Waals surface area contributed by atoms with Gasteiger partial charge in [0.2, 0.25) is 5.13 Å². The number of nitrogens with one attached hydrogen (secondary N) is 2. The third kappa shape index (κ3) is 4.32. The molecule has 0 atom stereocenters. The molecule has 2 N–H and O–H groups in total. The van der Waals surface area contributed by atoms with Crippen molar-refractivity contribution in [1.82, 2.24) is 15.6 Å². The molecule has 2 amide bonds. The van der Waals surface area contributed by atoms with Gasteiger partial charge in [-0.1, -0.05) is 90.2 Å². The first-order chi connectivity index (χ1) is 16.2. The third-order valence-corrected chi connectivity index (χ3v) is 5.93. The van der Waals surface area contributed by atoms with Gasteiger partial charge < -0.3 is 0 Å². The van der Waals surface area contributed by atoms with Gasteiger partial charge in [0.1, 0.15) is 5.01 Å². The van der Waals surface area contributed by atoms with Crippen molar-refractivity contribution in [1.29, 1.82) is 0 Å². The van der Waals surface area contributed by atoms with Crippen molar-refractivity contribution in [2.24, 2.45) is 5.10 Å². The number of hydrazone groups is 1. The van der Waals surface area contributed by atoms with Crippen LogP contribution in [0, 0.1) is 0 Å². The number of rotatable bonds is 4. The predicted molar refractivity (Wildman–Crippen MR) is 131 cm³/mol. The third-order valence-electron chi connectivity index (χ3n) is 5.05. The van der Waals surface area contributed by atoms with Crippen LogP contribution in [0.2, 0.25) is 0 Å². The van der Waals surface area contributed by atoms with E-state index in [0.29, 0.717) is 5.01 Å². The lowest BCUT2D eigenvalue weighted by atomic mass is 9.97. The predicted octanol–water partition coefficient (Wildman–Crippen LogP) is 4.60. The van der Waals surface area contributed by atoms with Crippen LogP contribution in [0.3, 0.4) is 0 Å². The van der Waals surface area contributed by atoms with E-state index in [9.17, 15) is 9.59 Å². The Balaban J connectivity index is 1.31. The summed E-state index contributed by atoms with van der Waals surface area (Å²) in [4.78, 5) is 24.5. The molecule has 5 aromatic rings. The fourth-order valence-corrected chi connectivity index (χ4v) is 4.26. The number of carbonyl (C=O) groups is 2. The van der Waals surface area contributed by atoms with Gasteiger partial charge in [0, 0.05) is 11.1 Å². The lowest BCUT2D eigenvalue weighted by Gasteiger charge is -2.07. The number of benzene rings is 4. The fourth-order valence-electron chi connectivity index (χ4n) is 3.52. The second kappa shape index (κ2) is 8.97. The van der Waals surface area contributed by atoms with Crippen LogP contribution in [-0.2, 0) is 9.59 Å². The maximum atomic E-state index is 12.3. The summed E-state index contributed by atoms with van der Waals surface area (Å²) in [5.41, 5.74) is 4.04. The van der Waals surface area contributed by atoms with E-state index in [1.165, 1.54) is 11.3 Å². The average molecular weight is 452 g/mol. The average Bonchev–Trinajstić information content (AvgIpc) is 3.32. The second-order valence-corrected chi connectivity index (χ2v) is 8.14. The standard InChI is InChI=1S/C25H17N5O2S/c31-22(27-25-30-29-24(33-25)16-8-2-1-3-9-16)23(32)28-26-15-21-19-12-6-4-10-17(19)14-18-11-5-7-13-20(18)21/h1-15H,(H,28,32)(H,27,30,31)/b26-15+. The highest BCUT2D eigenvalue weighted by molar-refractivity contribution is 7.18. The van der Waals surface area contributed by atoms with Crippen molar-refractivity contribution in [3.63, 3.8) is 0 Å². The highest BCUT2D eigenvalue weighted by Gasteiger charge is 2.16. The number of aromatic nitrogens is 2. The van der Waals surface area contributed by atoms with E-state index in [2.05, 4.69) is 32.1 Å². The number of anilines is 1. The molecule has 4 aromatic carbocycles. The maximum absolute atomic E-state index is 12.3. The fraction of sp³-hybridized carbons (Fsp3) is 0. The minimum absolute atomic E-state index is 0.234. The Morgan fingerprint density at radius 1 is 0.788 bits per heavy atom. The van der Waals surface area contributed by atoms with Gasteiger partial charge in [-0.05, 0) is 27.6 Å². The molecule has 1 heterocycles. The highest BCUT2D eigenvalue weighted by Crippen LogP contribution is 2.27. The van der Waals surface area contributed by atoms with E-state index >= 15 is 0 Å². The number of carbonyl (C=O) groups excluding carboxylic acids is 2. The Morgan fingerprint density at radius 2 is 1.42 bits per heavy atom. The van der Waals surface area contributed by atoms with Crippen LogP contribution >= 0.6 is 11.3 Å². The van der Waals surface area contributed by atoms with Gasteiger partial charge in [0.25, 0.3) is 0 Å². The molecule has 0 aliphatic heterocycles.